The number of hydrogen-bond donors (Lipinski definition) is 2. The van der Waals surface area contributed by atoms with Crippen LogP contribution < -0.4 is 10.0 Å². The highest BCUT2D eigenvalue weighted by molar-refractivity contribution is 7.89. The Balaban J connectivity index is 2.21. The molecule has 0 unspecified atom stereocenters. The Bertz CT molecular complexity index is 651. The summed E-state index contributed by atoms with van der Waals surface area (Å²) in [6.45, 7) is 2.20. The predicted molar refractivity (Wildman–Crippen MR) is 71.3 cm³/mol. The average molecular weight is 281 g/mol. The molecule has 1 aromatic heterocycles. The molecule has 19 heavy (non-hydrogen) atoms. The lowest BCUT2D eigenvalue weighted by Gasteiger charge is -2.10. The van der Waals surface area contributed by atoms with E-state index in [9.17, 15) is 8.42 Å². The molecule has 2 aromatic rings. The molecule has 102 valence electrons. The van der Waals surface area contributed by atoms with E-state index in [0.29, 0.717) is 23.6 Å². The number of anilines is 1. The summed E-state index contributed by atoms with van der Waals surface area (Å²) in [4.78, 5) is 4.07. The second-order valence-corrected chi connectivity index (χ2v) is 5.86. The lowest BCUT2D eigenvalue weighted by atomic mass is 10.2. The molecule has 0 saturated carbocycles. The van der Waals surface area contributed by atoms with Gasteiger partial charge in [0, 0.05) is 5.69 Å². The number of aryl methyl sites for hydroxylation is 1. The van der Waals surface area contributed by atoms with E-state index in [4.69, 9.17) is 4.42 Å². The van der Waals surface area contributed by atoms with Crippen LogP contribution >= 0.6 is 0 Å². The molecule has 0 fully saturated rings. The van der Waals surface area contributed by atoms with Crippen molar-refractivity contribution in [2.24, 2.45) is 0 Å². The topological polar surface area (TPSA) is 84.2 Å². The summed E-state index contributed by atoms with van der Waals surface area (Å²) < 4.78 is 31.1. The third-order valence-electron chi connectivity index (χ3n) is 2.70. The van der Waals surface area contributed by atoms with Gasteiger partial charge in [-0.25, -0.2) is 18.1 Å². The van der Waals surface area contributed by atoms with Crippen molar-refractivity contribution in [3.05, 3.63) is 42.1 Å². The van der Waals surface area contributed by atoms with Crippen LogP contribution in [0, 0.1) is 6.92 Å². The van der Waals surface area contributed by atoms with Gasteiger partial charge in [0.2, 0.25) is 10.0 Å². The van der Waals surface area contributed by atoms with E-state index in [1.165, 1.54) is 13.4 Å². The zero-order valence-corrected chi connectivity index (χ0v) is 11.5. The van der Waals surface area contributed by atoms with Crippen molar-refractivity contribution >= 4 is 15.7 Å². The van der Waals surface area contributed by atoms with Gasteiger partial charge in [0.05, 0.1) is 17.6 Å². The molecular formula is C12H15N3O3S. The van der Waals surface area contributed by atoms with Crippen LogP contribution in [-0.4, -0.2) is 20.4 Å². The normalized spacial score (nSPS) is 11.5. The van der Waals surface area contributed by atoms with Gasteiger partial charge in [-0.2, -0.15) is 0 Å². The predicted octanol–water partition coefficient (Wildman–Crippen LogP) is 1.50. The van der Waals surface area contributed by atoms with Gasteiger partial charge < -0.3 is 9.73 Å². The number of nitrogens with zero attached hydrogens (tertiary/aromatic N) is 1. The maximum atomic E-state index is 11.8. The molecule has 0 amide bonds. The first-order valence-corrected chi connectivity index (χ1v) is 7.16. The summed E-state index contributed by atoms with van der Waals surface area (Å²) in [6, 6.07) is 5.17. The maximum absolute atomic E-state index is 11.8. The summed E-state index contributed by atoms with van der Waals surface area (Å²) in [6.07, 6.45) is 2.95. The molecule has 0 radical (unpaired) electrons. The molecule has 2 N–H and O–H groups in total. The van der Waals surface area contributed by atoms with E-state index >= 15 is 0 Å². The molecule has 6 nitrogen and oxygen atoms in total. The largest absolute Gasteiger partial charge is 0.447 e. The lowest BCUT2D eigenvalue weighted by Crippen LogP contribution is -2.19. The standard InChI is InChI=1S/C12H15N3O3S/c1-9-3-4-10(5-12(9)19(16,17)13-2)15-7-11-6-14-8-18-11/h3-6,8,13,15H,7H2,1-2H3. The number of hydrogen-bond acceptors (Lipinski definition) is 5. The Labute approximate surface area is 111 Å². The molecule has 0 aliphatic carbocycles. The number of aromatic nitrogens is 1. The molecule has 0 atom stereocenters. The second kappa shape index (κ2) is 5.41. The van der Waals surface area contributed by atoms with Gasteiger partial charge in [0.15, 0.2) is 6.39 Å². The molecule has 0 aliphatic heterocycles. The molecular weight excluding hydrogens is 266 g/mol. The highest BCUT2D eigenvalue weighted by Gasteiger charge is 2.14. The monoisotopic (exact) mass is 281 g/mol. The van der Waals surface area contributed by atoms with Crippen molar-refractivity contribution in [1.29, 1.82) is 0 Å². The Kier molecular flexibility index (Phi) is 3.87. The van der Waals surface area contributed by atoms with Crippen molar-refractivity contribution in [2.45, 2.75) is 18.4 Å². The molecule has 1 aromatic carbocycles. The number of benzene rings is 1. The van der Waals surface area contributed by atoms with Crippen molar-refractivity contribution < 1.29 is 12.8 Å². The van der Waals surface area contributed by atoms with Crippen LogP contribution in [-0.2, 0) is 16.6 Å². The maximum Gasteiger partial charge on any atom is 0.240 e. The summed E-state index contributed by atoms with van der Waals surface area (Å²) in [5.41, 5.74) is 1.40. The van der Waals surface area contributed by atoms with Gasteiger partial charge in [-0.15, -0.1) is 0 Å². The quantitative estimate of drug-likeness (QED) is 0.867. The number of oxazole rings is 1. The highest BCUT2D eigenvalue weighted by atomic mass is 32.2. The highest BCUT2D eigenvalue weighted by Crippen LogP contribution is 2.20. The van der Waals surface area contributed by atoms with Crippen LogP contribution in [0.25, 0.3) is 0 Å². The van der Waals surface area contributed by atoms with Crippen LogP contribution in [0.15, 0.2) is 40.1 Å². The second-order valence-electron chi connectivity index (χ2n) is 4.01. The Hall–Kier alpha value is -1.86. The van der Waals surface area contributed by atoms with Crippen LogP contribution in [0.3, 0.4) is 0 Å². The van der Waals surface area contributed by atoms with Gasteiger partial charge in [0.25, 0.3) is 0 Å². The smallest absolute Gasteiger partial charge is 0.240 e. The van der Waals surface area contributed by atoms with E-state index in [1.807, 2.05) is 6.07 Å². The van der Waals surface area contributed by atoms with Gasteiger partial charge >= 0.3 is 0 Å². The number of nitrogens with one attached hydrogen (secondary N) is 2. The van der Waals surface area contributed by atoms with Crippen LogP contribution in [0.1, 0.15) is 11.3 Å². The minimum absolute atomic E-state index is 0.262. The first-order valence-electron chi connectivity index (χ1n) is 5.68. The summed E-state index contributed by atoms with van der Waals surface area (Å²) >= 11 is 0. The van der Waals surface area contributed by atoms with Crippen molar-refractivity contribution in [3.63, 3.8) is 0 Å². The minimum atomic E-state index is -3.45. The fourth-order valence-corrected chi connectivity index (χ4v) is 2.62. The van der Waals surface area contributed by atoms with Crippen LogP contribution in [0.2, 0.25) is 0 Å². The summed E-state index contributed by atoms with van der Waals surface area (Å²) in [7, 11) is -2.06. The molecule has 0 spiro atoms. The molecule has 0 bridgehead atoms. The van der Waals surface area contributed by atoms with Gasteiger partial charge in [-0.3, -0.25) is 0 Å². The molecule has 2 rings (SSSR count). The Morgan fingerprint density at radius 2 is 2.16 bits per heavy atom. The molecule has 7 heteroatoms. The van der Waals surface area contributed by atoms with Crippen LogP contribution in [0.4, 0.5) is 5.69 Å². The summed E-state index contributed by atoms with van der Waals surface area (Å²) in [5, 5.41) is 3.08. The zero-order chi connectivity index (χ0) is 13.9. The van der Waals surface area contributed by atoms with E-state index in [-0.39, 0.29) is 4.90 Å². The Morgan fingerprint density at radius 1 is 1.37 bits per heavy atom. The van der Waals surface area contributed by atoms with Crippen LogP contribution in [0.5, 0.6) is 0 Å². The van der Waals surface area contributed by atoms with Crippen molar-refractivity contribution in [1.82, 2.24) is 9.71 Å². The fourth-order valence-electron chi connectivity index (χ4n) is 1.63. The third kappa shape index (κ3) is 3.12. The van der Waals surface area contributed by atoms with Crippen molar-refractivity contribution in [3.8, 4) is 0 Å². The van der Waals surface area contributed by atoms with Gasteiger partial charge in [0.1, 0.15) is 5.76 Å². The van der Waals surface area contributed by atoms with E-state index in [1.54, 1.807) is 25.3 Å². The molecule has 0 saturated heterocycles. The van der Waals surface area contributed by atoms with E-state index in [2.05, 4.69) is 15.0 Å². The van der Waals surface area contributed by atoms with Gasteiger partial charge in [-0.05, 0) is 31.7 Å². The summed E-state index contributed by atoms with van der Waals surface area (Å²) in [5.74, 6) is 0.679. The SMILES string of the molecule is CNS(=O)(=O)c1cc(NCc2cnco2)ccc1C. The lowest BCUT2D eigenvalue weighted by molar-refractivity contribution is 0.511. The minimum Gasteiger partial charge on any atom is -0.447 e. The average Bonchev–Trinajstić information content (AvgIpc) is 2.91. The van der Waals surface area contributed by atoms with Gasteiger partial charge in [-0.1, -0.05) is 6.07 Å². The third-order valence-corrected chi connectivity index (χ3v) is 4.25. The zero-order valence-electron chi connectivity index (χ0n) is 10.7. The number of sulfonamides is 1. The molecule has 1 heterocycles. The first-order chi connectivity index (χ1) is 9.03. The Morgan fingerprint density at radius 3 is 2.79 bits per heavy atom. The fraction of sp³-hybridized carbons (Fsp3) is 0.250. The van der Waals surface area contributed by atoms with Crippen molar-refractivity contribution in [2.75, 3.05) is 12.4 Å². The molecule has 0 aliphatic rings. The first kappa shape index (κ1) is 13.6. The van der Waals surface area contributed by atoms with E-state index in [0.717, 1.165) is 0 Å². The van der Waals surface area contributed by atoms with E-state index < -0.39 is 10.0 Å². The number of rotatable bonds is 5.